The van der Waals surface area contributed by atoms with Crippen LogP contribution in [0.2, 0.25) is 0 Å². The number of nitrogens with one attached hydrogen (secondary N) is 1. The summed E-state index contributed by atoms with van der Waals surface area (Å²) in [5.41, 5.74) is 0. The Kier molecular flexibility index (Phi) is 5.69. The van der Waals surface area contributed by atoms with Crippen LogP contribution in [0.15, 0.2) is 0 Å². The van der Waals surface area contributed by atoms with Gasteiger partial charge in [0, 0.05) is 12.6 Å². The van der Waals surface area contributed by atoms with Crippen LogP contribution in [-0.4, -0.2) is 34.2 Å². The number of nitrogens with zero attached hydrogens (tertiary/aromatic N) is 3. The van der Waals surface area contributed by atoms with Gasteiger partial charge in [0.2, 0.25) is 5.13 Å². The van der Waals surface area contributed by atoms with Crippen LogP contribution in [0.3, 0.4) is 0 Å². The molecule has 0 saturated heterocycles. The molecule has 0 aliphatic heterocycles. The van der Waals surface area contributed by atoms with Crippen molar-refractivity contribution >= 4 is 16.5 Å². The molecule has 4 nitrogen and oxygen atoms in total. The van der Waals surface area contributed by atoms with E-state index in [1.807, 2.05) is 0 Å². The highest BCUT2D eigenvalue weighted by Gasteiger charge is 2.13. The zero-order chi connectivity index (χ0) is 12.0. The Morgan fingerprint density at radius 2 is 2.06 bits per heavy atom. The van der Waals surface area contributed by atoms with Crippen LogP contribution in [0.4, 0.5) is 5.13 Å². The molecule has 92 valence electrons. The normalized spacial score (nSPS) is 13.1. The first-order valence-corrected chi connectivity index (χ1v) is 6.83. The molecule has 16 heavy (non-hydrogen) atoms. The molecule has 0 spiro atoms. The van der Waals surface area contributed by atoms with Gasteiger partial charge in [0.1, 0.15) is 5.01 Å². The minimum atomic E-state index is 0.608. The lowest BCUT2D eigenvalue weighted by Gasteiger charge is -2.25. The fourth-order valence-electron chi connectivity index (χ4n) is 1.55. The number of rotatable bonds is 7. The summed E-state index contributed by atoms with van der Waals surface area (Å²) >= 11 is 1.65. The van der Waals surface area contributed by atoms with Crippen LogP contribution in [0.1, 0.15) is 39.1 Å². The van der Waals surface area contributed by atoms with E-state index in [0.29, 0.717) is 6.04 Å². The molecule has 1 N–H and O–H groups in total. The van der Waals surface area contributed by atoms with Crippen LogP contribution in [0.25, 0.3) is 0 Å². The summed E-state index contributed by atoms with van der Waals surface area (Å²) in [6.45, 7) is 11.6. The van der Waals surface area contributed by atoms with Gasteiger partial charge < -0.3 is 5.32 Å². The lowest BCUT2D eigenvalue weighted by molar-refractivity contribution is 0.205. The molecule has 0 radical (unpaired) electrons. The van der Waals surface area contributed by atoms with Gasteiger partial charge in [-0.1, -0.05) is 25.2 Å². The minimum Gasteiger partial charge on any atom is -0.360 e. The Balaban J connectivity index is 2.56. The molecular formula is C11H22N4S. The second kappa shape index (κ2) is 6.81. The first-order valence-electron chi connectivity index (χ1n) is 6.01. The van der Waals surface area contributed by atoms with E-state index in [2.05, 4.69) is 48.1 Å². The predicted molar refractivity (Wildman–Crippen MR) is 69.9 cm³/mol. The topological polar surface area (TPSA) is 41.1 Å². The van der Waals surface area contributed by atoms with Gasteiger partial charge in [-0.2, -0.15) is 0 Å². The lowest BCUT2D eigenvalue weighted by atomic mass is 10.2. The van der Waals surface area contributed by atoms with Crippen molar-refractivity contribution in [3.63, 3.8) is 0 Å². The van der Waals surface area contributed by atoms with Crippen LogP contribution >= 0.6 is 11.3 Å². The Labute approximate surface area is 102 Å². The van der Waals surface area contributed by atoms with Gasteiger partial charge in [0.15, 0.2) is 0 Å². The molecule has 0 aromatic carbocycles. The molecule has 5 heteroatoms. The van der Waals surface area contributed by atoms with Gasteiger partial charge in [-0.15, -0.1) is 10.2 Å². The molecule has 0 aliphatic rings. The van der Waals surface area contributed by atoms with E-state index in [9.17, 15) is 0 Å². The SMILES string of the molecule is CCNc1nnc(CN(CC)C(C)CC)s1. The molecule has 0 aliphatic carbocycles. The van der Waals surface area contributed by atoms with Crippen molar-refractivity contribution in [2.45, 2.75) is 46.7 Å². The van der Waals surface area contributed by atoms with Crippen LogP contribution in [0, 0.1) is 0 Å². The second-order valence-corrected chi connectivity index (χ2v) is 4.91. The summed E-state index contributed by atoms with van der Waals surface area (Å²) in [7, 11) is 0. The van der Waals surface area contributed by atoms with Crippen molar-refractivity contribution in [3.8, 4) is 0 Å². The van der Waals surface area contributed by atoms with E-state index < -0.39 is 0 Å². The molecule has 1 unspecified atom stereocenters. The molecule has 1 rings (SSSR count). The van der Waals surface area contributed by atoms with Gasteiger partial charge in [-0.05, 0) is 26.8 Å². The number of aromatic nitrogens is 2. The quantitative estimate of drug-likeness (QED) is 0.798. The molecule has 1 atom stereocenters. The van der Waals surface area contributed by atoms with Gasteiger partial charge >= 0.3 is 0 Å². The fraction of sp³-hybridized carbons (Fsp3) is 0.818. The maximum Gasteiger partial charge on any atom is 0.205 e. The van der Waals surface area contributed by atoms with E-state index >= 15 is 0 Å². The van der Waals surface area contributed by atoms with Gasteiger partial charge in [0.25, 0.3) is 0 Å². The smallest absolute Gasteiger partial charge is 0.205 e. The molecular weight excluding hydrogens is 220 g/mol. The summed E-state index contributed by atoms with van der Waals surface area (Å²) < 4.78 is 0. The van der Waals surface area contributed by atoms with E-state index in [0.717, 1.165) is 29.8 Å². The lowest BCUT2D eigenvalue weighted by Crippen LogP contribution is -2.31. The van der Waals surface area contributed by atoms with E-state index in [4.69, 9.17) is 0 Å². The molecule has 0 fully saturated rings. The minimum absolute atomic E-state index is 0.608. The largest absolute Gasteiger partial charge is 0.360 e. The summed E-state index contributed by atoms with van der Waals surface area (Å²) in [6.07, 6.45) is 1.17. The monoisotopic (exact) mass is 242 g/mol. The Bertz CT molecular complexity index is 300. The molecule has 0 saturated carbocycles. The van der Waals surface area contributed by atoms with Gasteiger partial charge in [-0.25, -0.2) is 0 Å². The third-order valence-electron chi connectivity index (χ3n) is 2.75. The highest BCUT2D eigenvalue weighted by Crippen LogP contribution is 2.18. The molecule has 0 bridgehead atoms. The van der Waals surface area contributed by atoms with Crippen LogP contribution in [-0.2, 0) is 6.54 Å². The summed E-state index contributed by atoms with van der Waals surface area (Å²) in [5.74, 6) is 0. The fourth-order valence-corrected chi connectivity index (χ4v) is 2.38. The maximum absolute atomic E-state index is 4.20. The van der Waals surface area contributed by atoms with E-state index in [-0.39, 0.29) is 0 Å². The maximum atomic E-state index is 4.20. The molecule has 1 aromatic rings. The first kappa shape index (κ1) is 13.4. The van der Waals surface area contributed by atoms with Crippen molar-refractivity contribution < 1.29 is 0 Å². The first-order chi connectivity index (χ1) is 7.71. The van der Waals surface area contributed by atoms with Gasteiger partial charge in [0.05, 0.1) is 6.54 Å². The van der Waals surface area contributed by atoms with Crippen molar-refractivity contribution in [3.05, 3.63) is 5.01 Å². The van der Waals surface area contributed by atoms with Crippen molar-refractivity contribution in [2.24, 2.45) is 0 Å². The van der Waals surface area contributed by atoms with Crippen molar-refractivity contribution in [2.75, 3.05) is 18.4 Å². The second-order valence-electron chi connectivity index (χ2n) is 3.85. The number of hydrogen-bond acceptors (Lipinski definition) is 5. The van der Waals surface area contributed by atoms with E-state index in [1.54, 1.807) is 11.3 Å². The number of anilines is 1. The average Bonchev–Trinajstić information content (AvgIpc) is 2.73. The zero-order valence-electron chi connectivity index (χ0n) is 10.7. The van der Waals surface area contributed by atoms with Crippen molar-refractivity contribution in [1.29, 1.82) is 0 Å². The Hall–Kier alpha value is -0.680. The summed E-state index contributed by atoms with van der Waals surface area (Å²) in [6, 6.07) is 0.608. The number of hydrogen-bond donors (Lipinski definition) is 1. The van der Waals surface area contributed by atoms with Crippen LogP contribution < -0.4 is 5.32 Å². The summed E-state index contributed by atoms with van der Waals surface area (Å²) in [4.78, 5) is 2.43. The standard InChI is InChI=1S/C11H22N4S/c1-5-9(4)15(7-3)8-10-13-14-11(16-10)12-6-2/h9H,5-8H2,1-4H3,(H,12,14). The Morgan fingerprint density at radius 3 is 2.62 bits per heavy atom. The highest BCUT2D eigenvalue weighted by atomic mass is 32.1. The molecule has 0 amide bonds. The van der Waals surface area contributed by atoms with E-state index in [1.165, 1.54) is 6.42 Å². The average molecular weight is 242 g/mol. The third-order valence-corrected chi connectivity index (χ3v) is 3.62. The molecule has 1 aromatic heterocycles. The van der Waals surface area contributed by atoms with Gasteiger partial charge in [-0.3, -0.25) is 4.90 Å². The third kappa shape index (κ3) is 3.72. The highest BCUT2D eigenvalue weighted by molar-refractivity contribution is 7.15. The zero-order valence-corrected chi connectivity index (χ0v) is 11.5. The van der Waals surface area contributed by atoms with Crippen LogP contribution in [0.5, 0.6) is 0 Å². The predicted octanol–water partition coefficient (Wildman–Crippen LogP) is 2.59. The summed E-state index contributed by atoms with van der Waals surface area (Å²) in [5, 5.41) is 13.5. The van der Waals surface area contributed by atoms with Crippen molar-refractivity contribution in [1.82, 2.24) is 15.1 Å². The Morgan fingerprint density at radius 1 is 1.31 bits per heavy atom. The molecule has 1 heterocycles.